The maximum Gasteiger partial charge on any atom is 0.355 e. The van der Waals surface area contributed by atoms with Crippen LogP contribution in [-0.2, 0) is 4.74 Å². The van der Waals surface area contributed by atoms with E-state index in [0.717, 1.165) is 6.07 Å². The van der Waals surface area contributed by atoms with E-state index in [9.17, 15) is 18.8 Å². The van der Waals surface area contributed by atoms with Crippen molar-refractivity contribution < 1.29 is 23.5 Å². The van der Waals surface area contributed by atoms with E-state index in [2.05, 4.69) is 4.98 Å². The zero-order valence-electron chi connectivity index (χ0n) is 18.0. The minimum absolute atomic E-state index is 0.177. The number of ether oxygens (including phenoxy) is 1. The van der Waals surface area contributed by atoms with Crippen LogP contribution in [-0.4, -0.2) is 72.8 Å². The molecule has 0 bridgehead atoms. The molecule has 0 radical (unpaired) electrons. The molecule has 0 aliphatic rings. The second-order valence-electron chi connectivity index (χ2n) is 7.31. The third-order valence-corrected chi connectivity index (χ3v) is 4.71. The van der Waals surface area contributed by atoms with E-state index in [-0.39, 0.29) is 30.2 Å². The Morgan fingerprint density at radius 2 is 1.83 bits per heavy atom. The molecule has 1 aromatic carbocycles. The highest BCUT2D eigenvalue weighted by molar-refractivity contribution is 6.05. The molecule has 1 amide bonds. The van der Waals surface area contributed by atoms with E-state index in [1.165, 1.54) is 23.1 Å². The Balaban J connectivity index is 2.30. The summed E-state index contributed by atoms with van der Waals surface area (Å²) in [6.45, 7) is 5.93. The lowest BCUT2D eigenvalue weighted by Gasteiger charge is -2.24. The van der Waals surface area contributed by atoms with E-state index in [4.69, 9.17) is 4.74 Å². The van der Waals surface area contributed by atoms with Crippen LogP contribution in [0.25, 0.3) is 0 Å². The third-order valence-electron chi connectivity index (χ3n) is 4.71. The molecule has 0 saturated heterocycles. The van der Waals surface area contributed by atoms with Crippen LogP contribution in [0.5, 0.6) is 0 Å². The van der Waals surface area contributed by atoms with Crippen molar-refractivity contribution in [2.75, 3.05) is 40.3 Å². The van der Waals surface area contributed by atoms with Gasteiger partial charge in [0.05, 0.1) is 13.2 Å². The number of Topliss-reactive ketones (excluding diaryl/α,β-unsaturated/α-hetero) is 1. The van der Waals surface area contributed by atoms with Gasteiger partial charge in [-0.15, -0.1) is 0 Å². The molecule has 162 valence electrons. The Labute approximate surface area is 175 Å². The molecular weight excluding hydrogens is 389 g/mol. The van der Waals surface area contributed by atoms with Crippen molar-refractivity contribution in [2.24, 2.45) is 0 Å². The topological polar surface area (TPSA) is 82.7 Å². The highest BCUT2D eigenvalue weighted by Crippen LogP contribution is 2.20. The standard InChI is InChI=1S/C22H28FN3O4/c1-6-30-22(29)20-14(2)19(15(3)24-20)18(27)13-26(11-10-25(4)5)21(28)16-8-7-9-17(23)12-16/h7-9,12,24H,6,10-11,13H2,1-5H3. The Kier molecular flexibility index (Phi) is 7.88. The summed E-state index contributed by atoms with van der Waals surface area (Å²) in [6.07, 6.45) is 0. The maximum atomic E-state index is 13.6. The molecule has 30 heavy (non-hydrogen) atoms. The van der Waals surface area contributed by atoms with Gasteiger partial charge in [0.1, 0.15) is 11.5 Å². The highest BCUT2D eigenvalue weighted by atomic mass is 19.1. The molecule has 0 fully saturated rings. The van der Waals surface area contributed by atoms with Crippen molar-refractivity contribution >= 4 is 17.7 Å². The minimum Gasteiger partial charge on any atom is -0.461 e. The molecule has 0 unspecified atom stereocenters. The summed E-state index contributed by atoms with van der Waals surface area (Å²) in [5.41, 5.74) is 1.79. The average Bonchev–Trinajstić information content (AvgIpc) is 2.98. The highest BCUT2D eigenvalue weighted by Gasteiger charge is 2.26. The number of carbonyl (C=O) groups excluding carboxylic acids is 3. The van der Waals surface area contributed by atoms with Crippen molar-refractivity contribution in [2.45, 2.75) is 20.8 Å². The lowest BCUT2D eigenvalue weighted by atomic mass is 10.0. The smallest absolute Gasteiger partial charge is 0.355 e. The number of halogens is 1. The van der Waals surface area contributed by atoms with Crippen LogP contribution in [0.2, 0.25) is 0 Å². The largest absolute Gasteiger partial charge is 0.461 e. The van der Waals surface area contributed by atoms with Crippen molar-refractivity contribution in [3.8, 4) is 0 Å². The Hall–Kier alpha value is -3.00. The van der Waals surface area contributed by atoms with E-state index in [0.29, 0.717) is 29.9 Å². The number of aromatic nitrogens is 1. The lowest BCUT2D eigenvalue weighted by molar-refractivity contribution is 0.0519. The normalized spacial score (nSPS) is 10.9. The van der Waals surface area contributed by atoms with Crippen molar-refractivity contribution in [3.05, 3.63) is 58.2 Å². The second kappa shape index (κ2) is 10.2. The first-order valence-electron chi connectivity index (χ1n) is 9.74. The number of hydrogen-bond acceptors (Lipinski definition) is 5. The summed E-state index contributed by atoms with van der Waals surface area (Å²) < 4.78 is 18.6. The molecule has 0 spiro atoms. The first kappa shape index (κ1) is 23.3. The summed E-state index contributed by atoms with van der Waals surface area (Å²) in [6, 6.07) is 5.39. The predicted octanol–water partition coefficient (Wildman–Crippen LogP) is 2.83. The van der Waals surface area contributed by atoms with Gasteiger partial charge < -0.3 is 19.5 Å². The number of carbonyl (C=O) groups is 3. The monoisotopic (exact) mass is 417 g/mol. The molecule has 0 aliphatic carbocycles. The summed E-state index contributed by atoms with van der Waals surface area (Å²) >= 11 is 0. The predicted molar refractivity (Wildman–Crippen MR) is 111 cm³/mol. The van der Waals surface area contributed by atoms with Crippen LogP contribution in [0.4, 0.5) is 4.39 Å². The number of aryl methyl sites for hydroxylation is 1. The summed E-state index contributed by atoms with van der Waals surface area (Å²) in [7, 11) is 3.72. The van der Waals surface area contributed by atoms with Gasteiger partial charge in [0, 0.05) is 29.9 Å². The van der Waals surface area contributed by atoms with Crippen LogP contribution in [0.15, 0.2) is 24.3 Å². The number of likely N-dealkylation sites (N-methyl/N-ethyl adjacent to an activating group) is 1. The maximum absolute atomic E-state index is 13.6. The number of aromatic amines is 1. The quantitative estimate of drug-likeness (QED) is 0.501. The summed E-state index contributed by atoms with van der Waals surface area (Å²) in [5.74, 6) is -1.78. The number of esters is 1. The zero-order chi connectivity index (χ0) is 22.4. The van der Waals surface area contributed by atoms with Crippen molar-refractivity contribution in [3.63, 3.8) is 0 Å². The van der Waals surface area contributed by atoms with Gasteiger partial charge in [0.25, 0.3) is 5.91 Å². The number of nitrogens with zero attached hydrogens (tertiary/aromatic N) is 2. The van der Waals surface area contributed by atoms with Crippen molar-refractivity contribution in [1.82, 2.24) is 14.8 Å². The fourth-order valence-electron chi connectivity index (χ4n) is 3.21. The Morgan fingerprint density at radius 3 is 2.43 bits per heavy atom. The SMILES string of the molecule is CCOC(=O)c1[nH]c(C)c(C(=O)CN(CCN(C)C)C(=O)c2cccc(F)c2)c1C. The molecule has 8 heteroatoms. The molecular formula is C22H28FN3O4. The molecule has 0 atom stereocenters. The van der Waals surface area contributed by atoms with Crippen molar-refractivity contribution in [1.29, 1.82) is 0 Å². The molecule has 1 N–H and O–H groups in total. The Morgan fingerprint density at radius 1 is 1.13 bits per heavy atom. The molecule has 1 aromatic heterocycles. The van der Waals surface area contributed by atoms with E-state index in [1.54, 1.807) is 20.8 Å². The van der Waals surface area contributed by atoms with Gasteiger partial charge in [-0.1, -0.05) is 6.07 Å². The minimum atomic E-state index is -0.530. The van der Waals surface area contributed by atoms with Crippen LogP contribution >= 0.6 is 0 Å². The second-order valence-corrected chi connectivity index (χ2v) is 7.31. The summed E-state index contributed by atoms with van der Waals surface area (Å²) in [4.78, 5) is 44.3. The fourth-order valence-corrected chi connectivity index (χ4v) is 3.21. The molecule has 0 saturated carbocycles. The zero-order valence-corrected chi connectivity index (χ0v) is 18.0. The van der Waals surface area contributed by atoms with Gasteiger partial charge in [-0.2, -0.15) is 0 Å². The van der Waals surface area contributed by atoms with Gasteiger partial charge >= 0.3 is 5.97 Å². The van der Waals surface area contributed by atoms with Gasteiger partial charge in [0.2, 0.25) is 0 Å². The number of ketones is 1. The first-order valence-corrected chi connectivity index (χ1v) is 9.74. The number of amides is 1. The molecule has 1 heterocycles. The number of hydrogen-bond donors (Lipinski definition) is 1. The number of benzene rings is 1. The molecule has 7 nitrogen and oxygen atoms in total. The Bertz CT molecular complexity index is 936. The lowest BCUT2D eigenvalue weighted by Crippen LogP contribution is -2.40. The first-order chi connectivity index (χ1) is 14.1. The van der Waals surface area contributed by atoms with Gasteiger partial charge in [0.15, 0.2) is 5.78 Å². The third kappa shape index (κ3) is 5.54. The number of rotatable bonds is 9. The van der Waals surface area contributed by atoms with Gasteiger partial charge in [-0.05, 0) is 58.6 Å². The molecule has 2 aromatic rings. The van der Waals surface area contributed by atoms with E-state index in [1.807, 2.05) is 19.0 Å². The van der Waals surface area contributed by atoms with E-state index < -0.39 is 17.7 Å². The number of H-pyrrole nitrogens is 1. The number of nitrogens with one attached hydrogen (secondary N) is 1. The average molecular weight is 417 g/mol. The molecule has 2 rings (SSSR count). The van der Waals surface area contributed by atoms with Crippen LogP contribution < -0.4 is 0 Å². The fraction of sp³-hybridized carbons (Fsp3) is 0.409. The summed E-state index contributed by atoms with van der Waals surface area (Å²) in [5, 5.41) is 0. The van der Waals surface area contributed by atoms with Crippen LogP contribution in [0.3, 0.4) is 0 Å². The van der Waals surface area contributed by atoms with Gasteiger partial charge in [-0.3, -0.25) is 9.59 Å². The van der Waals surface area contributed by atoms with Crippen LogP contribution in [0, 0.1) is 19.7 Å². The molecule has 0 aliphatic heterocycles. The van der Waals surface area contributed by atoms with Gasteiger partial charge in [-0.25, -0.2) is 9.18 Å². The van der Waals surface area contributed by atoms with Crippen LogP contribution in [0.1, 0.15) is 49.4 Å². The van der Waals surface area contributed by atoms with E-state index >= 15 is 0 Å².